The van der Waals surface area contributed by atoms with Gasteiger partial charge in [0.25, 0.3) is 5.91 Å². The molecule has 9 heteroatoms. The van der Waals surface area contributed by atoms with Crippen molar-refractivity contribution in [3.05, 3.63) is 29.1 Å². The van der Waals surface area contributed by atoms with E-state index in [4.69, 9.17) is 14.0 Å². The first-order chi connectivity index (χ1) is 15.0. The van der Waals surface area contributed by atoms with E-state index in [1.54, 1.807) is 22.8 Å². The number of aryl methyl sites for hydroxylation is 1. The van der Waals surface area contributed by atoms with Gasteiger partial charge in [-0.2, -0.15) is 0 Å². The van der Waals surface area contributed by atoms with Crippen LogP contribution >= 0.6 is 0 Å². The molecule has 0 unspecified atom stereocenters. The van der Waals surface area contributed by atoms with Gasteiger partial charge in [-0.25, -0.2) is 9.18 Å². The van der Waals surface area contributed by atoms with E-state index in [2.05, 4.69) is 0 Å². The fraction of sp³-hybridized carbons (Fsp3) is 0.667. The first kappa shape index (κ1) is 25.5. The maximum atomic E-state index is 15.2. The second kappa shape index (κ2) is 8.58. The molecule has 2 aliphatic heterocycles. The molecule has 0 radical (unpaired) electrons. The Morgan fingerprint density at radius 1 is 1.12 bits per heavy atom. The molecule has 2 heterocycles. The number of halogens is 1. The standard InChI is InChI=1S/C24H36BFN2O5/c1-15-12-17(25-32-23(6,7)24(8,9)33-25)13-18(26)19(15)20(29)27-10-11-28(16(2)14-27)21(30)31-22(3,4)5/h12-13,16H,10-11,14H2,1-9H3/t16-/m0/s1. The smallest absolute Gasteiger partial charge is 0.444 e. The van der Waals surface area contributed by atoms with Gasteiger partial charge in [0.2, 0.25) is 0 Å². The molecular formula is C24H36BFN2O5. The highest BCUT2D eigenvalue weighted by Crippen LogP contribution is 2.36. The highest BCUT2D eigenvalue weighted by molar-refractivity contribution is 6.62. The molecule has 33 heavy (non-hydrogen) atoms. The van der Waals surface area contributed by atoms with Crippen LogP contribution in [0.1, 0.15) is 71.3 Å². The van der Waals surface area contributed by atoms with Gasteiger partial charge in [0.1, 0.15) is 11.4 Å². The summed E-state index contributed by atoms with van der Waals surface area (Å²) in [6.45, 7) is 17.7. The lowest BCUT2D eigenvalue weighted by atomic mass is 9.77. The average molecular weight is 462 g/mol. The molecule has 2 amide bonds. The quantitative estimate of drug-likeness (QED) is 0.630. The SMILES string of the molecule is Cc1cc(B2OC(C)(C)C(C)(C)O2)cc(F)c1C(=O)N1CCN(C(=O)OC(C)(C)C)[C@@H](C)C1. The van der Waals surface area contributed by atoms with Crippen LogP contribution in [0.3, 0.4) is 0 Å². The summed E-state index contributed by atoms with van der Waals surface area (Å²) < 4.78 is 32.7. The fourth-order valence-electron chi connectivity index (χ4n) is 4.05. The minimum absolute atomic E-state index is 0.0354. The topological polar surface area (TPSA) is 68.3 Å². The predicted octanol–water partition coefficient (Wildman–Crippen LogP) is 3.51. The Hall–Kier alpha value is -2.13. The second-order valence-electron chi connectivity index (χ2n) is 11.1. The van der Waals surface area contributed by atoms with Crippen LogP contribution < -0.4 is 5.46 Å². The zero-order valence-corrected chi connectivity index (χ0v) is 21.2. The summed E-state index contributed by atoms with van der Waals surface area (Å²) in [6, 6.07) is 2.83. The van der Waals surface area contributed by atoms with Gasteiger partial charge in [-0.3, -0.25) is 4.79 Å². The van der Waals surface area contributed by atoms with Gasteiger partial charge < -0.3 is 23.8 Å². The second-order valence-corrected chi connectivity index (χ2v) is 11.1. The summed E-state index contributed by atoms with van der Waals surface area (Å²) in [5.74, 6) is -0.993. The van der Waals surface area contributed by atoms with Crippen molar-refractivity contribution in [2.45, 2.75) is 85.2 Å². The van der Waals surface area contributed by atoms with Crippen molar-refractivity contribution in [1.29, 1.82) is 0 Å². The molecule has 0 N–H and O–H groups in total. The molecule has 1 aromatic rings. The molecule has 2 saturated heterocycles. The van der Waals surface area contributed by atoms with Gasteiger partial charge in [-0.1, -0.05) is 6.07 Å². The molecule has 1 atom stereocenters. The maximum absolute atomic E-state index is 15.2. The van der Waals surface area contributed by atoms with Gasteiger partial charge in [-0.15, -0.1) is 0 Å². The summed E-state index contributed by atoms with van der Waals surface area (Å²) in [5, 5.41) is 0. The number of benzene rings is 1. The van der Waals surface area contributed by atoms with Crippen LogP contribution in [0.2, 0.25) is 0 Å². The van der Waals surface area contributed by atoms with Crippen molar-refractivity contribution in [3.63, 3.8) is 0 Å². The average Bonchev–Trinajstić information content (AvgIpc) is 2.86. The van der Waals surface area contributed by atoms with Crippen LogP contribution in [-0.4, -0.2) is 71.4 Å². The third-order valence-electron chi connectivity index (χ3n) is 6.59. The molecule has 2 aliphatic rings. The highest BCUT2D eigenvalue weighted by Gasteiger charge is 2.52. The zero-order chi connectivity index (χ0) is 24.9. The number of ether oxygens (including phenoxy) is 1. The van der Waals surface area contributed by atoms with Gasteiger partial charge >= 0.3 is 13.2 Å². The summed E-state index contributed by atoms with van der Waals surface area (Å²) in [6.07, 6.45) is -0.406. The summed E-state index contributed by atoms with van der Waals surface area (Å²) in [4.78, 5) is 28.9. The summed E-state index contributed by atoms with van der Waals surface area (Å²) >= 11 is 0. The van der Waals surface area contributed by atoms with E-state index in [0.29, 0.717) is 30.7 Å². The van der Waals surface area contributed by atoms with E-state index in [9.17, 15) is 9.59 Å². The van der Waals surface area contributed by atoms with Crippen LogP contribution in [-0.2, 0) is 14.0 Å². The molecule has 182 valence electrons. The van der Waals surface area contributed by atoms with Crippen molar-refractivity contribution in [2.75, 3.05) is 19.6 Å². The number of piperazine rings is 1. The van der Waals surface area contributed by atoms with Gasteiger partial charge in [-0.05, 0) is 79.4 Å². The molecule has 0 saturated carbocycles. The predicted molar refractivity (Wildman–Crippen MR) is 125 cm³/mol. The Bertz CT molecular complexity index is 904. The number of nitrogens with zero attached hydrogens (tertiary/aromatic N) is 2. The molecule has 1 aromatic carbocycles. The number of amides is 2. The molecule has 0 aliphatic carbocycles. The van der Waals surface area contributed by atoms with E-state index < -0.39 is 35.8 Å². The number of rotatable bonds is 2. The molecule has 0 spiro atoms. The lowest BCUT2D eigenvalue weighted by molar-refractivity contribution is 0.00189. The van der Waals surface area contributed by atoms with Crippen molar-refractivity contribution < 1.29 is 28.0 Å². The third kappa shape index (κ3) is 5.19. The monoisotopic (exact) mass is 462 g/mol. The normalized spacial score (nSPS) is 22.5. The van der Waals surface area contributed by atoms with Crippen LogP contribution in [0.4, 0.5) is 9.18 Å². The molecule has 2 fully saturated rings. The van der Waals surface area contributed by atoms with Gasteiger partial charge in [0.05, 0.1) is 16.8 Å². The van der Waals surface area contributed by atoms with Gasteiger partial charge in [0.15, 0.2) is 0 Å². The number of carbonyl (C=O) groups is 2. The molecule has 0 aromatic heterocycles. The van der Waals surface area contributed by atoms with Crippen molar-refractivity contribution >= 4 is 24.6 Å². The van der Waals surface area contributed by atoms with E-state index in [1.165, 1.54) is 6.07 Å². The Morgan fingerprint density at radius 3 is 2.18 bits per heavy atom. The van der Waals surface area contributed by atoms with Gasteiger partial charge in [0, 0.05) is 25.7 Å². The molecule has 7 nitrogen and oxygen atoms in total. The van der Waals surface area contributed by atoms with E-state index in [-0.39, 0.29) is 17.5 Å². The fourth-order valence-corrected chi connectivity index (χ4v) is 4.05. The Kier molecular flexibility index (Phi) is 6.63. The van der Waals surface area contributed by atoms with Crippen LogP contribution in [0.5, 0.6) is 0 Å². The van der Waals surface area contributed by atoms with Crippen molar-refractivity contribution in [1.82, 2.24) is 9.80 Å². The lowest BCUT2D eigenvalue weighted by Gasteiger charge is -2.40. The Morgan fingerprint density at radius 2 is 1.70 bits per heavy atom. The largest absolute Gasteiger partial charge is 0.494 e. The lowest BCUT2D eigenvalue weighted by Crippen LogP contribution is -2.56. The van der Waals surface area contributed by atoms with E-state index in [0.717, 1.165) is 0 Å². The molecule has 3 rings (SSSR count). The number of hydrogen-bond donors (Lipinski definition) is 0. The number of hydrogen-bond acceptors (Lipinski definition) is 5. The van der Waals surface area contributed by atoms with Crippen LogP contribution in [0.25, 0.3) is 0 Å². The summed E-state index contributed by atoms with van der Waals surface area (Å²) in [5.41, 5.74) is -0.576. The Balaban J connectivity index is 1.74. The number of carbonyl (C=O) groups excluding carboxylic acids is 2. The van der Waals surface area contributed by atoms with Crippen LogP contribution in [0.15, 0.2) is 12.1 Å². The van der Waals surface area contributed by atoms with Crippen molar-refractivity contribution in [2.24, 2.45) is 0 Å². The van der Waals surface area contributed by atoms with Crippen LogP contribution in [0, 0.1) is 12.7 Å². The van der Waals surface area contributed by atoms with E-state index in [1.807, 2.05) is 55.4 Å². The first-order valence-corrected chi connectivity index (χ1v) is 11.5. The minimum atomic E-state index is -0.704. The Labute approximate surface area is 196 Å². The minimum Gasteiger partial charge on any atom is -0.444 e. The highest BCUT2D eigenvalue weighted by atomic mass is 19.1. The summed E-state index contributed by atoms with van der Waals surface area (Å²) in [7, 11) is -0.704. The molecule has 0 bridgehead atoms. The third-order valence-corrected chi connectivity index (χ3v) is 6.59. The van der Waals surface area contributed by atoms with E-state index >= 15 is 4.39 Å². The zero-order valence-electron chi connectivity index (χ0n) is 21.2. The maximum Gasteiger partial charge on any atom is 0.494 e. The van der Waals surface area contributed by atoms with Crippen molar-refractivity contribution in [3.8, 4) is 0 Å². The molecular weight excluding hydrogens is 426 g/mol. The first-order valence-electron chi connectivity index (χ1n) is 11.5.